The van der Waals surface area contributed by atoms with Crippen LogP contribution in [0.1, 0.15) is 10.4 Å². The molecule has 15 heavy (non-hydrogen) atoms. The molecular formula is C7H4F4N2O2. The van der Waals surface area contributed by atoms with Gasteiger partial charge in [0.1, 0.15) is 11.4 Å². The van der Waals surface area contributed by atoms with Crippen molar-refractivity contribution in [3.8, 4) is 5.88 Å². The molecule has 0 unspecified atom stereocenters. The van der Waals surface area contributed by atoms with E-state index < -0.39 is 29.5 Å². The molecule has 0 aliphatic heterocycles. The minimum Gasteiger partial charge on any atom is -0.387 e. The Hall–Kier alpha value is -1.86. The third-order valence-corrected chi connectivity index (χ3v) is 1.30. The summed E-state index contributed by atoms with van der Waals surface area (Å²) in [4.78, 5) is 13.6. The van der Waals surface area contributed by atoms with Gasteiger partial charge in [-0.25, -0.2) is 9.37 Å². The second kappa shape index (κ2) is 3.71. The van der Waals surface area contributed by atoms with E-state index in [0.29, 0.717) is 12.3 Å². The van der Waals surface area contributed by atoms with Crippen molar-refractivity contribution < 1.29 is 27.1 Å². The number of primary amides is 1. The molecule has 0 aliphatic rings. The first-order valence-electron chi connectivity index (χ1n) is 3.50. The fraction of sp³-hybridized carbons (Fsp3) is 0.143. The van der Waals surface area contributed by atoms with E-state index in [9.17, 15) is 22.4 Å². The van der Waals surface area contributed by atoms with Crippen LogP contribution in [0.4, 0.5) is 17.6 Å². The molecule has 2 N–H and O–H groups in total. The zero-order chi connectivity index (χ0) is 11.6. The first kappa shape index (κ1) is 11.2. The molecule has 0 atom stereocenters. The van der Waals surface area contributed by atoms with Crippen LogP contribution in [0.15, 0.2) is 12.3 Å². The van der Waals surface area contributed by atoms with Crippen LogP contribution in [0.3, 0.4) is 0 Å². The summed E-state index contributed by atoms with van der Waals surface area (Å²) in [6.07, 6.45) is -4.54. The van der Waals surface area contributed by atoms with Crippen LogP contribution in [-0.2, 0) is 0 Å². The molecule has 8 heteroatoms. The van der Waals surface area contributed by atoms with Crippen molar-refractivity contribution in [3.05, 3.63) is 23.6 Å². The SMILES string of the molecule is NC(=O)c1cc(F)cnc1OC(F)(F)F. The summed E-state index contributed by atoms with van der Waals surface area (Å²) in [5, 5.41) is 0. The Morgan fingerprint density at radius 1 is 1.47 bits per heavy atom. The molecule has 1 amide bonds. The van der Waals surface area contributed by atoms with Crippen molar-refractivity contribution in [1.29, 1.82) is 0 Å². The topological polar surface area (TPSA) is 65.2 Å². The van der Waals surface area contributed by atoms with Gasteiger partial charge in [-0.15, -0.1) is 13.2 Å². The Morgan fingerprint density at radius 2 is 2.07 bits per heavy atom. The highest BCUT2D eigenvalue weighted by Crippen LogP contribution is 2.24. The number of nitrogens with zero attached hydrogens (tertiary/aromatic N) is 1. The van der Waals surface area contributed by atoms with E-state index in [2.05, 4.69) is 9.72 Å². The molecule has 0 aliphatic carbocycles. The quantitative estimate of drug-likeness (QED) is 0.768. The number of hydrogen-bond acceptors (Lipinski definition) is 3. The molecule has 0 radical (unpaired) electrons. The first-order chi connectivity index (χ1) is 6.79. The van der Waals surface area contributed by atoms with Gasteiger partial charge in [-0.05, 0) is 6.07 Å². The summed E-state index contributed by atoms with van der Waals surface area (Å²) in [5.74, 6) is -3.32. The minimum absolute atomic E-state index is 0.480. The van der Waals surface area contributed by atoms with E-state index in [1.807, 2.05) is 0 Å². The summed E-state index contributed by atoms with van der Waals surface area (Å²) in [6, 6.07) is 0.510. The third-order valence-electron chi connectivity index (χ3n) is 1.30. The number of hydrogen-bond donors (Lipinski definition) is 1. The van der Waals surface area contributed by atoms with Crippen LogP contribution in [0.2, 0.25) is 0 Å². The first-order valence-corrected chi connectivity index (χ1v) is 3.50. The predicted molar refractivity (Wildman–Crippen MR) is 39.4 cm³/mol. The van der Waals surface area contributed by atoms with Crippen molar-refractivity contribution in [2.24, 2.45) is 5.73 Å². The van der Waals surface area contributed by atoms with Gasteiger partial charge in [0.2, 0.25) is 5.88 Å². The Kier molecular flexibility index (Phi) is 2.78. The average molecular weight is 224 g/mol. The number of nitrogens with two attached hydrogens (primary N) is 1. The number of rotatable bonds is 2. The fourth-order valence-corrected chi connectivity index (χ4v) is 0.794. The maximum absolute atomic E-state index is 12.5. The van der Waals surface area contributed by atoms with Gasteiger partial charge in [0.25, 0.3) is 5.91 Å². The average Bonchev–Trinajstić information content (AvgIpc) is 2.05. The Bertz CT molecular complexity index is 391. The smallest absolute Gasteiger partial charge is 0.387 e. The van der Waals surface area contributed by atoms with Gasteiger partial charge in [-0.2, -0.15) is 0 Å². The van der Waals surface area contributed by atoms with Gasteiger partial charge in [0.05, 0.1) is 6.20 Å². The third kappa shape index (κ3) is 3.08. The number of carbonyl (C=O) groups excluding carboxylic acids is 1. The maximum Gasteiger partial charge on any atom is 0.574 e. The van der Waals surface area contributed by atoms with Crippen LogP contribution >= 0.6 is 0 Å². The van der Waals surface area contributed by atoms with E-state index in [0.717, 1.165) is 0 Å². The second-order valence-electron chi connectivity index (χ2n) is 2.42. The number of halogens is 4. The van der Waals surface area contributed by atoms with Crippen molar-refractivity contribution in [1.82, 2.24) is 4.98 Å². The minimum atomic E-state index is -5.02. The Morgan fingerprint density at radius 3 is 2.53 bits per heavy atom. The van der Waals surface area contributed by atoms with Crippen molar-refractivity contribution in [2.75, 3.05) is 0 Å². The Balaban J connectivity index is 3.12. The number of amides is 1. The zero-order valence-corrected chi connectivity index (χ0v) is 7.01. The molecule has 0 bridgehead atoms. The maximum atomic E-state index is 12.5. The summed E-state index contributed by atoms with van der Waals surface area (Å²) >= 11 is 0. The number of ether oxygens (including phenoxy) is 1. The molecule has 4 nitrogen and oxygen atoms in total. The number of carbonyl (C=O) groups is 1. The highest BCUT2D eigenvalue weighted by molar-refractivity contribution is 5.94. The lowest BCUT2D eigenvalue weighted by Gasteiger charge is -2.09. The van der Waals surface area contributed by atoms with Crippen LogP contribution in [0, 0.1) is 5.82 Å². The van der Waals surface area contributed by atoms with E-state index in [1.54, 1.807) is 0 Å². The fourth-order valence-electron chi connectivity index (χ4n) is 0.794. The molecule has 1 heterocycles. The highest BCUT2D eigenvalue weighted by atomic mass is 19.4. The van der Waals surface area contributed by atoms with Gasteiger partial charge in [-0.3, -0.25) is 4.79 Å². The van der Waals surface area contributed by atoms with E-state index in [1.165, 1.54) is 0 Å². The van der Waals surface area contributed by atoms with E-state index >= 15 is 0 Å². The molecule has 0 saturated heterocycles. The summed E-state index contributed by atoms with van der Waals surface area (Å²) < 4.78 is 51.2. The number of aromatic nitrogens is 1. The van der Waals surface area contributed by atoms with Gasteiger partial charge < -0.3 is 10.5 Å². The highest BCUT2D eigenvalue weighted by Gasteiger charge is 2.33. The van der Waals surface area contributed by atoms with Gasteiger partial charge in [0, 0.05) is 0 Å². The molecular weight excluding hydrogens is 220 g/mol. The van der Waals surface area contributed by atoms with E-state index in [-0.39, 0.29) is 0 Å². The van der Waals surface area contributed by atoms with Crippen LogP contribution in [0.5, 0.6) is 5.88 Å². The monoisotopic (exact) mass is 224 g/mol. The second-order valence-corrected chi connectivity index (χ2v) is 2.42. The van der Waals surface area contributed by atoms with Gasteiger partial charge in [0.15, 0.2) is 0 Å². The van der Waals surface area contributed by atoms with Crippen molar-refractivity contribution in [2.45, 2.75) is 6.36 Å². The van der Waals surface area contributed by atoms with Crippen LogP contribution in [0.25, 0.3) is 0 Å². The lowest BCUT2D eigenvalue weighted by atomic mass is 10.2. The molecule has 0 saturated carbocycles. The standard InChI is InChI=1S/C7H4F4N2O2/c8-3-1-4(5(12)14)6(13-2-3)15-7(9,10)11/h1-2H,(H2,12,14). The lowest BCUT2D eigenvalue weighted by molar-refractivity contribution is -0.276. The molecule has 1 rings (SSSR count). The number of pyridine rings is 1. The zero-order valence-electron chi connectivity index (χ0n) is 7.01. The number of alkyl halides is 3. The van der Waals surface area contributed by atoms with Crippen LogP contribution < -0.4 is 10.5 Å². The molecule has 82 valence electrons. The summed E-state index contributed by atoms with van der Waals surface area (Å²) in [5.41, 5.74) is 3.94. The van der Waals surface area contributed by atoms with Crippen molar-refractivity contribution in [3.63, 3.8) is 0 Å². The molecule has 0 fully saturated rings. The molecule has 1 aromatic rings. The predicted octanol–water partition coefficient (Wildman–Crippen LogP) is 1.22. The molecule has 1 aromatic heterocycles. The van der Waals surface area contributed by atoms with Crippen LogP contribution in [-0.4, -0.2) is 17.3 Å². The largest absolute Gasteiger partial charge is 0.574 e. The van der Waals surface area contributed by atoms with E-state index in [4.69, 9.17) is 5.73 Å². The summed E-state index contributed by atoms with van der Waals surface area (Å²) in [6.45, 7) is 0. The Labute approximate surface area is 80.7 Å². The normalized spacial score (nSPS) is 11.2. The summed E-state index contributed by atoms with van der Waals surface area (Å²) in [7, 11) is 0. The molecule has 0 aromatic carbocycles. The lowest BCUT2D eigenvalue weighted by Crippen LogP contribution is -2.22. The van der Waals surface area contributed by atoms with Gasteiger partial charge >= 0.3 is 6.36 Å². The van der Waals surface area contributed by atoms with Crippen molar-refractivity contribution >= 4 is 5.91 Å². The molecule has 0 spiro atoms. The van der Waals surface area contributed by atoms with Gasteiger partial charge in [-0.1, -0.05) is 0 Å².